The molecule has 3 nitrogen and oxygen atoms in total. The zero-order valence-electron chi connectivity index (χ0n) is 13.2. The van der Waals surface area contributed by atoms with Gasteiger partial charge in [-0.15, -0.1) is 0 Å². The lowest BCUT2D eigenvalue weighted by Crippen LogP contribution is -2.06. The van der Waals surface area contributed by atoms with Gasteiger partial charge in [0.1, 0.15) is 5.75 Å². The van der Waals surface area contributed by atoms with Gasteiger partial charge in [0.2, 0.25) is 0 Å². The highest BCUT2D eigenvalue weighted by Crippen LogP contribution is 2.27. The van der Waals surface area contributed by atoms with Gasteiger partial charge in [0.15, 0.2) is 11.5 Å². The minimum Gasteiger partial charge on any atom is -0.493 e. The van der Waals surface area contributed by atoms with Crippen molar-refractivity contribution in [3.05, 3.63) is 52.5 Å². The molecule has 0 aliphatic heterocycles. The van der Waals surface area contributed by atoms with Gasteiger partial charge in [-0.2, -0.15) is 0 Å². The van der Waals surface area contributed by atoms with E-state index in [2.05, 4.69) is 0 Å². The minimum absolute atomic E-state index is 0.575. The second-order valence-electron chi connectivity index (χ2n) is 5.07. The Morgan fingerprint density at radius 1 is 0.864 bits per heavy atom. The monoisotopic (exact) mass is 320 g/mol. The van der Waals surface area contributed by atoms with Crippen LogP contribution < -0.4 is 14.2 Å². The second kappa shape index (κ2) is 7.95. The van der Waals surface area contributed by atoms with Crippen molar-refractivity contribution in [3.8, 4) is 17.2 Å². The molecule has 0 saturated heterocycles. The molecule has 0 radical (unpaired) electrons. The van der Waals surface area contributed by atoms with Gasteiger partial charge in [-0.3, -0.25) is 0 Å². The van der Waals surface area contributed by atoms with Crippen LogP contribution >= 0.6 is 11.6 Å². The average molecular weight is 321 g/mol. The van der Waals surface area contributed by atoms with E-state index in [4.69, 9.17) is 25.8 Å². The van der Waals surface area contributed by atoms with E-state index in [1.54, 1.807) is 7.11 Å². The lowest BCUT2D eigenvalue weighted by Gasteiger charge is -2.12. The Morgan fingerprint density at radius 3 is 2.18 bits per heavy atom. The van der Waals surface area contributed by atoms with E-state index in [0.717, 1.165) is 39.8 Å². The molecule has 0 heterocycles. The van der Waals surface area contributed by atoms with Crippen molar-refractivity contribution in [2.45, 2.75) is 20.3 Å². The smallest absolute Gasteiger partial charge is 0.161 e. The van der Waals surface area contributed by atoms with Crippen LogP contribution in [0.25, 0.3) is 0 Å². The molecular weight excluding hydrogens is 300 g/mol. The van der Waals surface area contributed by atoms with E-state index >= 15 is 0 Å². The molecule has 0 atom stereocenters. The third-order valence-corrected chi connectivity index (χ3v) is 3.74. The van der Waals surface area contributed by atoms with Crippen LogP contribution in [0.5, 0.6) is 17.2 Å². The Balaban J connectivity index is 1.79. The van der Waals surface area contributed by atoms with E-state index in [9.17, 15) is 0 Å². The molecule has 0 unspecified atom stereocenters. The standard InChI is InChI=1S/C18H21ClO3/c1-13-12-18(14(2)11-15(13)19)22-10-6-9-21-17-8-5-4-7-16(17)20-3/h4-5,7-8,11-12H,6,9-10H2,1-3H3. The highest BCUT2D eigenvalue weighted by molar-refractivity contribution is 6.31. The maximum atomic E-state index is 6.08. The zero-order chi connectivity index (χ0) is 15.9. The highest BCUT2D eigenvalue weighted by Gasteiger charge is 2.05. The Morgan fingerprint density at radius 2 is 1.50 bits per heavy atom. The average Bonchev–Trinajstić information content (AvgIpc) is 2.52. The summed E-state index contributed by atoms with van der Waals surface area (Å²) in [5, 5.41) is 0.768. The van der Waals surface area contributed by atoms with Crippen LogP contribution in [0.1, 0.15) is 17.5 Å². The SMILES string of the molecule is COc1ccccc1OCCCOc1cc(C)c(Cl)cc1C. The molecule has 4 heteroatoms. The summed E-state index contributed by atoms with van der Waals surface area (Å²) >= 11 is 6.08. The molecule has 0 fully saturated rings. The first kappa shape index (κ1) is 16.5. The van der Waals surface area contributed by atoms with Gasteiger partial charge in [-0.25, -0.2) is 0 Å². The summed E-state index contributed by atoms with van der Waals surface area (Å²) in [6, 6.07) is 11.5. The van der Waals surface area contributed by atoms with E-state index in [1.807, 2.05) is 50.2 Å². The van der Waals surface area contributed by atoms with Crippen LogP contribution in [-0.2, 0) is 0 Å². The third-order valence-electron chi connectivity index (χ3n) is 3.33. The van der Waals surface area contributed by atoms with Gasteiger partial charge < -0.3 is 14.2 Å². The molecule has 22 heavy (non-hydrogen) atoms. The molecule has 0 amide bonds. The number of rotatable bonds is 7. The number of benzene rings is 2. The summed E-state index contributed by atoms with van der Waals surface area (Å²) in [5.41, 5.74) is 2.06. The Hall–Kier alpha value is -1.87. The number of ether oxygens (including phenoxy) is 3. The molecule has 0 bridgehead atoms. The Labute approximate surface area is 136 Å². The van der Waals surface area contributed by atoms with Crippen LogP contribution in [0.2, 0.25) is 5.02 Å². The summed E-state index contributed by atoms with van der Waals surface area (Å²) in [4.78, 5) is 0. The van der Waals surface area contributed by atoms with Gasteiger partial charge in [-0.05, 0) is 49.2 Å². The van der Waals surface area contributed by atoms with Crippen LogP contribution in [-0.4, -0.2) is 20.3 Å². The fourth-order valence-electron chi connectivity index (χ4n) is 2.07. The predicted octanol–water partition coefficient (Wildman–Crippen LogP) is 4.81. The molecule has 2 aromatic rings. The van der Waals surface area contributed by atoms with Gasteiger partial charge in [0.05, 0.1) is 20.3 Å². The fourth-order valence-corrected chi connectivity index (χ4v) is 2.29. The van der Waals surface area contributed by atoms with E-state index in [1.165, 1.54) is 0 Å². The van der Waals surface area contributed by atoms with Crippen molar-refractivity contribution in [3.63, 3.8) is 0 Å². The van der Waals surface area contributed by atoms with Crippen molar-refractivity contribution < 1.29 is 14.2 Å². The van der Waals surface area contributed by atoms with Crippen molar-refractivity contribution in [1.29, 1.82) is 0 Å². The summed E-state index contributed by atoms with van der Waals surface area (Å²) in [5.74, 6) is 2.37. The topological polar surface area (TPSA) is 27.7 Å². The minimum atomic E-state index is 0.575. The van der Waals surface area contributed by atoms with Crippen LogP contribution in [0.4, 0.5) is 0 Å². The van der Waals surface area contributed by atoms with Gasteiger partial charge in [0.25, 0.3) is 0 Å². The number of hydrogen-bond acceptors (Lipinski definition) is 3. The zero-order valence-corrected chi connectivity index (χ0v) is 13.9. The third kappa shape index (κ3) is 4.31. The van der Waals surface area contributed by atoms with Crippen LogP contribution in [0, 0.1) is 13.8 Å². The summed E-state index contributed by atoms with van der Waals surface area (Å²) < 4.78 is 16.8. The molecule has 0 aliphatic carbocycles. The van der Waals surface area contributed by atoms with E-state index in [-0.39, 0.29) is 0 Å². The van der Waals surface area contributed by atoms with Gasteiger partial charge in [-0.1, -0.05) is 23.7 Å². The normalized spacial score (nSPS) is 10.4. The van der Waals surface area contributed by atoms with Crippen molar-refractivity contribution in [1.82, 2.24) is 0 Å². The molecule has 0 spiro atoms. The fraction of sp³-hybridized carbons (Fsp3) is 0.333. The van der Waals surface area contributed by atoms with Gasteiger partial charge in [0, 0.05) is 11.4 Å². The molecule has 118 valence electrons. The number of aryl methyl sites for hydroxylation is 2. The highest BCUT2D eigenvalue weighted by atomic mass is 35.5. The first-order valence-corrected chi connectivity index (χ1v) is 7.65. The first-order valence-electron chi connectivity index (χ1n) is 7.27. The molecule has 0 aromatic heterocycles. The maximum Gasteiger partial charge on any atom is 0.161 e. The Bertz CT molecular complexity index is 626. The summed E-state index contributed by atoms with van der Waals surface area (Å²) in [6.07, 6.45) is 0.791. The van der Waals surface area contributed by atoms with Crippen molar-refractivity contribution in [2.75, 3.05) is 20.3 Å². The molecule has 2 rings (SSSR count). The Kier molecular flexibility index (Phi) is 5.96. The molecule has 0 N–H and O–H groups in total. The number of hydrogen-bond donors (Lipinski definition) is 0. The number of para-hydroxylation sites is 2. The molecular formula is C18H21ClO3. The molecule has 0 saturated carbocycles. The van der Waals surface area contributed by atoms with Crippen molar-refractivity contribution in [2.24, 2.45) is 0 Å². The number of methoxy groups -OCH3 is 1. The van der Waals surface area contributed by atoms with Crippen LogP contribution in [0.3, 0.4) is 0 Å². The van der Waals surface area contributed by atoms with E-state index in [0.29, 0.717) is 13.2 Å². The lowest BCUT2D eigenvalue weighted by molar-refractivity contribution is 0.239. The first-order chi connectivity index (χ1) is 10.6. The second-order valence-corrected chi connectivity index (χ2v) is 5.48. The summed E-state index contributed by atoms with van der Waals surface area (Å²) in [6.45, 7) is 5.13. The maximum absolute atomic E-state index is 6.08. The number of halogens is 1. The predicted molar refractivity (Wildman–Crippen MR) is 89.5 cm³/mol. The molecule has 2 aromatic carbocycles. The van der Waals surface area contributed by atoms with Gasteiger partial charge >= 0.3 is 0 Å². The van der Waals surface area contributed by atoms with Crippen LogP contribution in [0.15, 0.2) is 36.4 Å². The van der Waals surface area contributed by atoms with Crippen molar-refractivity contribution >= 4 is 11.6 Å². The lowest BCUT2D eigenvalue weighted by atomic mass is 10.1. The largest absolute Gasteiger partial charge is 0.493 e. The van der Waals surface area contributed by atoms with E-state index < -0.39 is 0 Å². The summed E-state index contributed by atoms with van der Waals surface area (Å²) in [7, 11) is 1.64. The quantitative estimate of drug-likeness (QED) is 0.685. The molecule has 0 aliphatic rings.